The van der Waals surface area contributed by atoms with Crippen LogP contribution in [0.2, 0.25) is 0 Å². The van der Waals surface area contributed by atoms with Gasteiger partial charge in [0.25, 0.3) is 0 Å². The minimum Gasteiger partial charge on any atom is -0.379 e. The monoisotopic (exact) mass is 367 g/mol. The lowest BCUT2D eigenvalue weighted by Crippen LogP contribution is -2.48. The zero-order chi connectivity index (χ0) is 18.5. The molecule has 1 atom stereocenters. The van der Waals surface area contributed by atoms with Gasteiger partial charge in [0.2, 0.25) is 0 Å². The number of anilines is 1. The zero-order valence-corrected chi connectivity index (χ0v) is 15.9. The van der Waals surface area contributed by atoms with Gasteiger partial charge in [0.1, 0.15) is 0 Å². The van der Waals surface area contributed by atoms with Crippen molar-refractivity contribution in [2.45, 2.75) is 31.7 Å². The maximum atomic E-state index is 13.1. The van der Waals surface area contributed by atoms with Crippen molar-refractivity contribution < 1.29 is 9.53 Å². The number of benzene rings is 2. The Morgan fingerprint density at radius 2 is 1.85 bits per heavy atom. The summed E-state index contributed by atoms with van der Waals surface area (Å²) in [5.41, 5.74) is 0.899. The minimum absolute atomic E-state index is 0.0398. The van der Waals surface area contributed by atoms with Crippen molar-refractivity contribution in [1.29, 1.82) is 0 Å². The summed E-state index contributed by atoms with van der Waals surface area (Å²) < 4.78 is 5.44. The van der Waals surface area contributed by atoms with E-state index >= 15 is 0 Å². The van der Waals surface area contributed by atoms with E-state index in [4.69, 9.17) is 4.74 Å². The summed E-state index contributed by atoms with van der Waals surface area (Å²) in [7, 11) is 0. The summed E-state index contributed by atoms with van der Waals surface area (Å²) in [6.45, 7) is 5.58. The predicted molar refractivity (Wildman–Crippen MR) is 109 cm³/mol. The van der Waals surface area contributed by atoms with E-state index in [-0.39, 0.29) is 6.03 Å². The highest BCUT2D eigenvalue weighted by Crippen LogP contribution is 2.25. The molecule has 0 saturated carbocycles. The van der Waals surface area contributed by atoms with Gasteiger partial charge >= 0.3 is 6.03 Å². The molecule has 0 spiro atoms. The highest BCUT2D eigenvalue weighted by Gasteiger charge is 2.27. The van der Waals surface area contributed by atoms with Crippen LogP contribution in [-0.2, 0) is 4.74 Å². The number of fused-ring (bicyclic) bond motifs is 1. The number of likely N-dealkylation sites (tertiary alicyclic amines) is 1. The Morgan fingerprint density at radius 3 is 2.74 bits per heavy atom. The first-order valence-corrected chi connectivity index (χ1v) is 10.2. The largest absolute Gasteiger partial charge is 0.379 e. The van der Waals surface area contributed by atoms with Crippen LogP contribution in [0.5, 0.6) is 0 Å². The number of nitrogens with zero attached hydrogens (tertiary/aromatic N) is 2. The van der Waals surface area contributed by atoms with Crippen molar-refractivity contribution in [3.63, 3.8) is 0 Å². The molecule has 27 heavy (non-hydrogen) atoms. The van der Waals surface area contributed by atoms with Gasteiger partial charge in [-0.15, -0.1) is 0 Å². The number of urea groups is 1. The molecule has 2 aromatic rings. The Labute approximate surface area is 161 Å². The summed E-state index contributed by atoms with van der Waals surface area (Å²) in [4.78, 5) is 17.6. The lowest BCUT2D eigenvalue weighted by molar-refractivity contribution is 0.0329. The lowest BCUT2D eigenvalue weighted by atomic mass is 9.99. The fraction of sp³-hybridized carbons (Fsp3) is 0.500. The predicted octanol–water partition coefficient (Wildman–Crippen LogP) is 3.95. The van der Waals surface area contributed by atoms with Crippen LogP contribution in [-0.4, -0.2) is 61.3 Å². The first kappa shape index (κ1) is 18.3. The maximum absolute atomic E-state index is 13.1. The van der Waals surface area contributed by atoms with Crippen molar-refractivity contribution >= 4 is 22.5 Å². The van der Waals surface area contributed by atoms with Crippen LogP contribution in [0.4, 0.5) is 10.5 Å². The number of carbonyl (C=O) groups excluding carboxylic acids is 1. The molecule has 0 radical (unpaired) electrons. The quantitative estimate of drug-likeness (QED) is 0.890. The zero-order valence-electron chi connectivity index (χ0n) is 15.9. The van der Waals surface area contributed by atoms with Crippen LogP contribution in [0.15, 0.2) is 42.5 Å². The molecule has 2 saturated heterocycles. The third-order valence-electron chi connectivity index (χ3n) is 5.80. The number of hydrogen-bond acceptors (Lipinski definition) is 3. The van der Waals surface area contributed by atoms with E-state index < -0.39 is 0 Å². The molecule has 2 amide bonds. The van der Waals surface area contributed by atoms with Gasteiger partial charge in [-0.2, -0.15) is 0 Å². The Hall–Kier alpha value is -2.11. The second kappa shape index (κ2) is 8.72. The minimum atomic E-state index is 0.0398. The van der Waals surface area contributed by atoms with Gasteiger partial charge in [0.15, 0.2) is 0 Å². The number of piperidine rings is 1. The molecule has 0 aliphatic carbocycles. The number of amides is 2. The number of hydrogen-bond donors (Lipinski definition) is 1. The highest BCUT2D eigenvalue weighted by molar-refractivity contribution is 6.01. The van der Waals surface area contributed by atoms with Crippen LogP contribution in [0.25, 0.3) is 10.8 Å². The summed E-state index contributed by atoms with van der Waals surface area (Å²) in [5.74, 6) is 0. The number of rotatable bonds is 4. The topological polar surface area (TPSA) is 44.8 Å². The average molecular weight is 367 g/mol. The molecular formula is C22H29N3O2. The van der Waals surface area contributed by atoms with E-state index in [1.54, 1.807) is 0 Å². The smallest absolute Gasteiger partial charge is 0.322 e. The van der Waals surface area contributed by atoms with Crippen LogP contribution < -0.4 is 5.32 Å². The van der Waals surface area contributed by atoms with Crippen LogP contribution in [0.3, 0.4) is 0 Å². The van der Waals surface area contributed by atoms with Gasteiger partial charge in [-0.25, -0.2) is 4.79 Å². The third-order valence-corrected chi connectivity index (χ3v) is 5.80. The van der Waals surface area contributed by atoms with E-state index in [0.717, 1.165) is 75.1 Å². The van der Waals surface area contributed by atoms with Gasteiger partial charge < -0.3 is 15.0 Å². The summed E-state index contributed by atoms with van der Waals surface area (Å²) in [5, 5.41) is 5.42. The highest BCUT2D eigenvalue weighted by atomic mass is 16.5. The van der Waals surface area contributed by atoms with Gasteiger partial charge in [0, 0.05) is 37.6 Å². The van der Waals surface area contributed by atoms with E-state index in [0.29, 0.717) is 6.04 Å². The number of carbonyl (C=O) groups is 1. The van der Waals surface area contributed by atoms with Crippen molar-refractivity contribution in [3.8, 4) is 0 Å². The summed E-state index contributed by atoms with van der Waals surface area (Å²) in [6.07, 6.45) is 4.46. The Kier molecular flexibility index (Phi) is 5.90. The molecule has 2 heterocycles. The molecule has 5 heteroatoms. The normalized spacial score (nSPS) is 21.3. The molecule has 2 fully saturated rings. The fourth-order valence-electron chi connectivity index (χ4n) is 4.25. The van der Waals surface area contributed by atoms with E-state index in [2.05, 4.69) is 33.3 Å². The maximum Gasteiger partial charge on any atom is 0.322 e. The van der Waals surface area contributed by atoms with Crippen molar-refractivity contribution in [1.82, 2.24) is 9.80 Å². The molecule has 2 aromatic carbocycles. The molecule has 1 N–H and O–H groups in total. The summed E-state index contributed by atoms with van der Waals surface area (Å²) >= 11 is 0. The molecule has 0 unspecified atom stereocenters. The van der Waals surface area contributed by atoms with Crippen LogP contribution >= 0.6 is 0 Å². The Balaban J connectivity index is 1.42. The molecule has 144 valence electrons. The number of morpholine rings is 1. The van der Waals surface area contributed by atoms with Gasteiger partial charge in [-0.3, -0.25) is 4.90 Å². The molecule has 2 aliphatic heterocycles. The number of nitrogens with one attached hydrogen (secondary N) is 1. The van der Waals surface area contributed by atoms with Crippen LogP contribution in [0.1, 0.15) is 25.7 Å². The summed E-state index contributed by atoms with van der Waals surface area (Å²) in [6, 6.07) is 14.6. The first-order valence-electron chi connectivity index (χ1n) is 10.2. The number of ether oxygens (including phenoxy) is 1. The first-order chi connectivity index (χ1) is 13.3. The molecule has 2 aliphatic rings. The molecule has 0 aromatic heterocycles. The standard InChI is InChI=1S/C22H29N3O2/c26-22(23-21-10-5-7-18-6-1-2-9-20(18)21)25-12-4-3-8-19(25)11-13-24-14-16-27-17-15-24/h1-2,5-7,9-10,19H,3-4,8,11-17H2,(H,23,26)/t19-/m0/s1. The molecule has 5 nitrogen and oxygen atoms in total. The van der Waals surface area contributed by atoms with E-state index in [1.165, 1.54) is 6.42 Å². The Bertz CT molecular complexity index is 768. The Morgan fingerprint density at radius 1 is 1.04 bits per heavy atom. The van der Waals surface area contributed by atoms with Gasteiger partial charge in [-0.05, 0) is 37.1 Å². The van der Waals surface area contributed by atoms with E-state index in [1.807, 2.05) is 24.3 Å². The second-order valence-corrected chi connectivity index (χ2v) is 7.54. The van der Waals surface area contributed by atoms with Crippen molar-refractivity contribution in [2.75, 3.05) is 44.7 Å². The second-order valence-electron chi connectivity index (χ2n) is 7.54. The van der Waals surface area contributed by atoms with E-state index in [9.17, 15) is 4.79 Å². The molecule has 4 rings (SSSR count). The fourth-order valence-corrected chi connectivity index (χ4v) is 4.25. The SMILES string of the molecule is O=C(Nc1cccc2ccccc12)N1CCCC[C@H]1CCN1CCOCC1. The average Bonchev–Trinajstić information content (AvgIpc) is 2.73. The molecule has 0 bridgehead atoms. The van der Waals surface area contributed by atoms with Gasteiger partial charge in [0.05, 0.1) is 18.9 Å². The molecular weight excluding hydrogens is 338 g/mol. The van der Waals surface area contributed by atoms with Crippen LogP contribution in [0, 0.1) is 0 Å². The van der Waals surface area contributed by atoms with Crippen molar-refractivity contribution in [3.05, 3.63) is 42.5 Å². The third kappa shape index (κ3) is 4.42. The van der Waals surface area contributed by atoms with Crippen molar-refractivity contribution in [2.24, 2.45) is 0 Å². The lowest BCUT2D eigenvalue weighted by Gasteiger charge is -2.37. The van der Waals surface area contributed by atoms with Gasteiger partial charge in [-0.1, -0.05) is 36.4 Å².